The van der Waals surface area contributed by atoms with Crippen LogP contribution in [0.5, 0.6) is 0 Å². The second-order valence-electron chi connectivity index (χ2n) is 3.74. The molecular weight excluding hydrogens is 235 g/mol. The number of hydrogen-bond donors (Lipinski definition) is 0. The SMILES string of the molecule is COC(=O)C1CN1c1cccc(C(F)(F)F)c1. The van der Waals surface area contributed by atoms with Gasteiger partial charge in [0.1, 0.15) is 6.04 Å². The first-order valence-corrected chi connectivity index (χ1v) is 4.95. The first-order valence-electron chi connectivity index (χ1n) is 4.95. The zero-order valence-electron chi connectivity index (χ0n) is 8.99. The molecule has 1 aliphatic heterocycles. The van der Waals surface area contributed by atoms with Crippen LogP contribution in [0.15, 0.2) is 24.3 Å². The van der Waals surface area contributed by atoms with Crippen molar-refractivity contribution in [2.24, 2.45) is 0 Å². The van der Waals surface area contributed by atoms with Crippen molar-refractivity contribution in [3.05, 3.63) is 29.8 Å². The molecule has 92 valence electrons. The highest BCUT2D eigenvalue weighted by molar-refractivity contribution is 5.86. The van der Waals surface area contributed by atoms with E-state index in [0.717, 1.165) is 12.1 Å². The summed E-state index contributed by atoms with van der Waals surface area (Å²) in [6.07, 6.45) is -4.37. The van der Waals surface area contributed by atoms with Crippen LogP contribution in [-0.2, 0) is 15.7 Å². The van der Waals surface area contributed by atoms with Crippen molar-refractivity contribution in [2.45, 2.75) is 12.2 Å². The van der Waals surface area contributed by atoms with E-state index in [9.17, 15) is 18.0 Å². The summed E-state index contributed by atoms with van der Waals surface area (Å²) >= 11 is 0. The topological polar surface area (TPSA) is 29.3 Å². The molecular formula is C11H10F3NO2. The average molecular weight is 245 g/mol. The molecule has 1 saturated heterocycles. The molecule has 1 aromatic carbocycles. The maximum atomic E-state index is 12.5. The Kier molecular flexibility index (Phi) is 2.73. The smallest absolute Gasteiger partial charge is 0.416 e. The molecule has 17 heavy (non-hydrogen) atoms. The lowest BCUT2D eigenvalue weighted by Crippen LogP contribution is -2.14. The van der Waals surface area contributed by atoms with Gasteiger partial charge in [0.15, 0.2) is 0 Å². The second-order valence-corrected chi connectivity index (χ2v) is 3.74. The molecule has 1 heterocycles. The van der Waals surface area contributed by atoms with Crippen molar-refractivity contribution < 1.29 is 22.7 Å². The van der Waals surface area contributed by atoms with Crippen molar-refractivity contribution in [2.75, 3.05) is 18.6 Å². The molecule has 0 bridgehead atoms. The fourth-order valence-electron chi connectivity index (χ4n) is 1.62. The van der Waals surface area contributed by atoms with Crippen LogP contribution in [0.3, 0.4) is 0 Å². The minimum Gasteiger partial charge on any atom is -0.467 e. The van der Waals surface area contributed by atoms with E-state index in [4.69, 9.17) is 0 Å². The lowest BCUT2D eigenvalue weighted by Gasteiger charge is -2.10. The summed E-state index contributed by atoms with van der Waals surface area (Å²) in [7, 11) is 1.25. The molecule has 0 aliphatic carbocycles. The van der Waals surface area contributed by atoms with Crippen molar-refractivity contribution in [1.82, 2.24) is 0 Å². The monoisotopic (exact) mass is 245 g/mol. The fourth-order valence-corrected chi connectivity index (χ4v) is 1.62. The number of benzene rings is 1. The zero-order valence-corrected chi connectivity index (χ0v) is 8.99. The van der Waals surface area contributed by atoms with Gasteiger partial charge in [-0.2, -0.15) is 13.2 Å². The van der Waals surface area contributed by atoms with Crippen LogP contribution in [0.2, 0.25) is 0 Å². The molecule has 6 heteroatoms. The van der Waals surface area contributed by atoms with E-state index >= 15 is 0 Å². The van der Waals surface area contributed by atoms with Crippen LogP contribution >= 0.6 is 0 Å². The summed E-state index contributed by atoms with van der Waals surface area (Å²) in [5.74, 6) is -0.428. The van der Waals surface area contributed by atoms with Crippen molar-refractivity contribution in [1.29, 1.82) is 0 Å². The normalized spacial score (nSPS) is 19.1. The molecule has 0 saturated carbocycles. The number of nitrogens with zero attached hydrogens (tertiary/aromatic N) is 1. The van der Waals surface area contributed by atoms with E-state index in [0.29, 0.717) is 12.2 Å². The number of esters is 1. The van der Waals surface area contributed by atoms with Gasteiger partial charge in [-0.25, -0.2) is 4.79 Å². The molecule has 0 radical (unpaired) electrons. The summed E-state index contributed by atoms with van der Waals surface area (Å²) in [5, 5.41) is 0. The lowest BCUT2D eigenvalue weighted by atomic mass is 10.2. The van der Waals surface area contributed by atoms with Crippen LogP contribution in [0.4, 0.5) is 18.9 Å². The standard InChI is InChI=1S/C11H10F3NO2/c1-17-10(16)9-6-15(9)8-4-2-3-7(5-8)11(12,13)14/h2-5,9H,6H2,1H3. The van der Waals surface area contributed by atoms with Crippen LogP contribution in [0, 0.1) is 0 Å². The molecule has 0 N–H and O–H groups in total. The summed E-state index contributed by atoms with van der Waals surface area (Å²) in [5.41, 5.74) is -0.333. The van der Waals surface area contributed by atoms with Crippen LogP contribution in [0.1, 0.15) is 5.56 Å². The predicted molar refractivity (Wildman–Crippen MR) is 54.6 cm³/mol. The molecule has 0 spiro atoms. The number of ether oxygens (including phenoxy) is 1. The van der Waals surface area contributed by atoms with Gasteiger partial charge in [0.05, 0.1) is 19.2 Å². The maximum absolute atomic E-state index is 12.5. The molecule has 1 fully saturated rings. The number of halogens is 3. The minimum atomic E-state index is -4.37. The molecule has 0 aromatic heterocycles. The largest absolute Gasteiger partial charge is 0.467 e. The van der Waals surface area contributed by atoms with E-state index in [1.807, 2.05) is 0 Å². The lowest BCUT2D eigenvalue weighted by molar-refractivity contribution is -0.139. The first-order chi connectivity index (χ1) is 7.93. The predicted octanol–water partition coefficient (Wildman–Crippen LogP) is 2.07. The highest BCUT2D eigenvalue weighted by Crippen LogP contribution is 2.35. The number of anilines is 1. The Labute approximate surface area is 95.8 Å². The Balaban J connectivity index is 2.17. The van der Waals surface area contributed by atoms with Crippen LogP contribution in [-0.4, -0.2) is 25.7 Å². The number of alkyl halides is 3. The van der Waals surface area contributed by atoms with E-state index in [2.05, 4.69) is 4.74 Å². The zero-order chi connectivity index (χ0) is 12.6. The van der Waals surface area contributed by atoms with E-state index in [1.165, 1.54) is 19.2 Å². The fraction of sp³-hybridized carbons (Fsp3) is 0.364. The molecule has 1 aliphatic rings. The first kappa shape index (κ1) is 11.8. The molecule has 2 rings (SSSR count). The Bertz CT molecular complexity index is 445. The van der Waals surface area contributed by atoms with E-state index < -0.39 is 23.8 Å². The Morgan fingerprint density at radius 2 is 2.18 bits per heavy atom. The maximum Gasteiger partial charge on any atom is 0.416 e. The Hall–Kier alpha value is -1.72. The van der Waals surface area contributed by atoms with Gasteiger partial charge in [-0.1, -0.05) is 6.07 Å². The van der Waals surface area contributed by atoms with E-state index in [1.54, 1.807) is 4.90 Å². The number of methoxy groups -OCH3 is 1. The Morgan fingerprint density at radius 3 is 2.76 bits per heavy atom. The van der Waals surface area contributed by atoms with Gasteiger partial charge < -0.3 is 9.64 Å². The summed E-state index contributed by atoms with van der Waals surface area (Å²) < 4.78 is 41.9. The summed E-state index contributed by atoms with van der Waals surface area (Å²) in [4.78, 5) is 12.7. The van der Waals surface area contributed by atoms with Gasteiger partial charge in [-0.05, 0) is 18.2 Å². The third-order valence-electron chi connectivity index (χ3n) is 2.59. The van der Waals surface area contributed by atoms with E-state index in [-0.39, 0.29) is 0 Å². The van der Waals surface area contributed by atoms with Gasteiger partial charge in [0, 0.05) is 5.69 Å². The number of rotatable bonds is 2. The highest BCUT2D eigenvalue weighted by Gasteiger charge is 2.42. The van der Waals surface area contributed by atoms with Crippen LogP contribution < -0.4 is 4.90 Å². The molecule has 1 aromatic rings. The minimum absolute atomic E-state index is 0.384. The molecule has 1 atom stereocenters. The van der Waals surface area contributed by atoms with Gasteiger partial charge >= 0.3 is 12.1 Å². The number of hydrogen-bond acceptors (Lipinski definition) is 3. The van der Waals surface area contributed by atoms with Gasteiger partial charge in [-0.15, -0.1) is 0 Å². The van der Waals surface area contributed by atoms with Crippen molar-refractivity contribution >= 4 is 11.7 Å². The molecule has 0 amide bonds. The van der Waals surface area contributed by atoms with Crippen molar-refractivity contribution in [3.63, 3.8) is 0 Å². The highest BCUT2D eigenvalue weighted by atomic mass is 19.4. The quantitative estimate of drug-likeness (QED) is 0.590. The third-order valence-corrected chi connectivity index (χ3v) is 2.59. The summed E-state index contributed by atoms with van der Waals surface area (Å²) in [6, 6.07) is 4.44. The summed E-state index contributed by atoms with van der Waals surface area (Å²) in [6.45, 7) is 0.397. The van der Waals surface area contributed by atoms with Gasteiger partial charge in [0.2, 0.25) is 0 Å². The molecule has 3 nitrogen and oxygen atoms in total. The molecule has 1 unspecified atom stereocenters. The Morgan fingerprint density at radius 1 is 1.47 bits per heavy atom. The van der Waals surface area contributed by atoms with Crippen LogP contribution in [0.25, 0.3) is 0 Å². The van der Waals surface area contributed by atoms with Crippen molar-refractivity contribution in [3.8, 4) is 0 Å². The average Bonchev–Trinajstić information content (AvgIpc) is 3.07. The number of carbonyl (C=O) groups is 1. The second kappa shape index (κ2) is 3.94. The third kappa shape index (κ3) is 2.35. The van der Waals surface area contributed by atoms with Gasteiger partial charge in [0.25, 0.3) is 0 Å². The van der Waals surface area contributed by atoms with Gasteiger partial charge in [-0.3, -0.25) is 0 Å². The number of carbonyl (C=O) groups excluding carboxylic acids is 1.